The molecule has 1 fully saturated rings. The highest BCUT2D eigenvalue weighted by atomic mass is 32.3. The predicted octanol–water partition coefficient (Wildman–Crippen LogP) is -4.01. The first-order valence-electron chi connectivity index (χ1n) is 4.21. The molecule has 9 nitrogen and oxygen atoms in total. The summed E-state index contributed by atoms with van der Waals surface area (Å²) in [6.07, 6.45) is -11.6. The molecule has 0 aromatic carbocycles. The Morgan fingerprint density at radius 1 is 0.750 bits per heavy atom. The molecule has 1 aliphatic rings. The Morgan fingerprint density at radius 2 is 1.06 bits per heavy atom. The standard InChI is InChI=1S/C6H12O9S/c7-1-2(8)4(10)6(5(11)3(1)9)15-16(12,13)14/h1-11H,(H,12,13,14)/t1?,2-,3+,4-,5-,6?/m0/s1. The predicted molar refractivity (Wildman–Crippen MR) is 46.5 cm³/mol. The quantitative estimate of drug-likeness (QED) is 0.271. The summed E-state index contributed by atoms with van der Waals surface area (Å²) >= 11 is 0. The van der Waals surface area contributed by atoms with Crippen molar-refractivity contribution in [1.82, 2.24) is 0 Å². The van der Waals surface area contributed by atoms with Gasteiger partial charge in [0.1, 0.15) is 36.6 Å². The highest BCUT2D eigenvalue weighted by Gasteiger charge is 2.50. The molecule has 1 rings (SSSR count). The summed E-state index contributed by atoms with van der Waals surface area (Å²) in [5.74, 6) is 0. The van der Waals surface area contributed by atoms with E-state index in [4.69, 9.17) is 9.66 Å². The zero-order valence-corrected chi connectivity index (χ0v) is 8.60. The van der Waals surface area contributed by atoms with E-state index in [0.717, 1.165) is 0 Å². The average Bonchev–Trinajstić information content (AvgIpc) is 2.17. The van der Waals surface area contributed by atoms with Crippen LogP contribution < -0.4 is 0 Å². The van der Waals surface area contributed by atoms with Gasteiger partial charge in [-0.3, -0.25) is 4.55 Å². The van der Waals surface area contributed by atoms with Gasteiger partial charge < -0.3 is 25.5 Å². The van der Waals surface area contributed by atoms with E-state index < -0.39 is 47.0 Å². The zero-order chi connectivity index (χ0) is 12.7. The third-order valence-electron chi connectivity index (χ3n) is 2.31. The maximum absolute atomic E-state index is 10.4. The lowest BCUT2D eigenvalue weighted by Gasteiger charge is -2.40. The maximum atomic E-state index is 10.4. The Morgan fingerprint density at radius 3 is 1.38 bits per heavy atom. The molecular weight excluding hydrogens is 248 g/mol. The van der Waals surface area contributed by atoms with Gasteiger partial charge in [0.25, 0.3) is 0 Å². The molecule has 0 spiro atoms. The lowest BCUT2D eigenvalue weighted by atomic mass is 9.85. The number of rotatable bonds is 2. The Kier molecular flexibility index (Phi) is 3.87. The fourth-order valence-corrected chi connectivity index (χ4v) is 1.96. The molecule has 0 heterocycles. The van der Waals surface area contributed by atoms with E-state index in [1.807, 2.05) is 0 Å². The molecular formula is C6H12O9S. The van der Waals surface area contributed by atoms with Crippen LogP contribution in [0.25, 0.3) is 0 Å². The van der Waals surface area contributed by atoms with Crippen molar-refractivity contribution in [3.63, 3.8) is 0 Å². The highest BCUT2D eigenvalue weighted by molar-refractivity contribution is 7.80. The van der Waals surface area contributed by atoms with E-state index in [1.165, 1.54) is 0 Å². The van der Waals surface area contributed by atoms with Crippen molar-refractivity contribution in [3.8, 4) is 0 Å². The average molecular weight is 260 g/mol. The second-order valence-corrected chi connectivity index (χ2v) is 4.49. The highest BCUT2D eigenvalue weighted by Crippen LogP contribution is 2.24. The van der Waals surface area contributed by atoms with Crippen LogP contribution in [0.15, 0.2) is 0 Å². The second kappa shape index (κ2) is 4.50. The lowest BCUT2D eigenvalue weighted by molar-refractivity contribution is -0.217. The first-order valence-corrected chi connectivity index (χ1v) is 5.57. The van der Waals surface area contributed by atoms with Crippen LogP contribution in [0.3, 0.4) is 0 Å². The van der Waals surface area contributed by atoms with Crippen LogP contribution in [0.2, 0.25) is 0 Å². The third kappa shape index (κ3) is 2.67. The van der Waals surface area contributed by atoms with Gasteiger partial charge in [0.05, 0.1) is 0 Å². The van der Waals surface area contributed by atoms with E-state index in [1.54, 1.807) is 0 Å². The first-order chi connectivity index (χ1) is 7.15. The minimum Gasteiger partial charge on any atom is -0.387 e. The van der Waals surface area contributed by atoms with E-state index in [2.05, 4.69) is 4.18 Å². The molecule has 6 N–H and O–H groups in total. The van der Waals surface area contributed by atoms with Gasteiger partial charge >= 0.3 is 10.4 Å². The molecule has 10 heteroatoms. The van der Waals surface area contributed by atoms with Crippen LogP contribution in [0.4, 0.5) is 0 Å². The summed E-state index contributed by atoms with van der Waals surface area (Å²) < 4.78 is 33.0. The molecule has 0 aromatic heterocycles. The SMILES string of the molecule is O=S(=O)(O)OC1[C@@H](O)[C@H](O)C(O)[C@H](O)[C@@H]1O. The number of hydrogen-bond donors (Lipinski definition) is 6. The third-order valence-corrected chi connectivity index (χ3v) is 2.77. The van der Waals surface area contributed by atoms with E-state index in [9.17, 15) is 28.8 Å². The van der Waals surface area contributed by atoms with Gasteiger partial charge in [0.15, 0.2) is 0 Å². The molecule has 0 saturated heterocycles. The fourth-order valence-electron chi connectivity index (χ4n) is 1.45. The molecule has 0 bridgehead atoms. The summed E-state index contributed by atoms with van der Waals surface area (Å²) in [6.45, 7) is 0. The Labute approximate surface area is 90.5 Å². The topological polar surface area (TPSA) is 165 Å². The Balaban J connectivity index is 2.91. The second-order valence-electron chi connectivity index (χ2n) is 3.44. The molecule has 16 heavy (non-hydrogen) atoms. The number of hydrogen-bond acceptors (Lipinski definition) is 8. The minimum absolute atomic E-state index is 1.86. The summed E-state index contributed by atoms with van der Waals surface area (Å²) in [4.78, 5) is 0. The van der Waals surface area contributed by atoms with E-state index in [0.29, 0.717) is 0 Å². The molecule has 0 aliphatic heterocycles. The largest absolute Gasteiger partial charge is 0.397 e. The van der Waals surface area contributed by atoms with Gasteiger partial charge in [0.2, 0.25) is 0 Å². The van der Waals surface area contributed by atoms with Crippen LogP contribution in [0.5, 0.6) is 0 Å². The van der Waals surface area contributed by atoms with Crippen LogP contribution >= 0.6 is 0 Å². The van der Waals surface area contributed by atoms with Crippen molar-refractivity contribution in [2.24, 2.45) is 0 Å². The normalized spacial score (nSPS) is 45.6. The molecule has 6 atom stereocenters. The molecule has 96 valence electrons. The molecule has 0 radical (unpaired) electrons. The van der Waals surface area contributed by atoms with E-state index in [-0.39, 0.29) is 0 Å². The molecule has 0 aromatic rings. The van der Waals surface area contributed by atoms with E-state index >= 15 is 0 Å². The minimum atomic E-state index is -4.98. The van der Waals surface area contributed by atoms with Crippen LogP contribution in [-0.2, 0) is 14.6 Å². The Bertz CT molecular complexity index is 324. The van der Waals surface area contributed by atoms with Crippen LogP contribution in [0.1, 0.15) is 0 Å². The van der Waals surface area contributed by atoms with Gasteiger partial charge in [-0.1, -0.05) is 0 Å². The van der Waals surface area contributed by atoms with Gasteiger partial charge in [-0.2, -0.15) is 8.42 Å². The van der Waals surface area contributed by atoms with Gasteiger partial charge in [-0.05, 0) is 0 Å². The van der Waals surface area contributed by atoms with Gasteiger partial charge in [0, 0.05) is 0 Å². The summed E-state index contributed by atoms with van der Waals surface area (Å²) in [6, 6.07) is 0. The number of aliphatic hydroxyl groups is 5. The Hall–Kier alpha value is -0.330. The van der Waals surface area contributed by atoms with Crippen LogP contribution in [0, 0.1) is 0 Å². The first kappa shape index (κ1) is 13.7. The monoisotopic (exact) mass is 260 g/mol. The molecule has 1 aliphatic carbocycles. The molecule has 0 amide bonds. The lowest BCUT2D eigenvalue weighted by Crippen LogP contribution is -2.64. The summed E-state index contributed by atoms with van der Waals surface area (Å²) in [5.41, 5.74) is 0. The van der Waals surface area contributed by atoms with Crippen LogP contribution in [-0.4, -0.2) is 75.1 Å². The molecule has 2 unspecified atom stereocenters. The molecule has 1 saturated carbocycles. The van der Waals surface area contributed by atoms with Crippen molar-refractivity contribution in [2.45, 2.75) is 36.6 Å². The van der Waals surface area contributed by atoms with Gasteiger partial charge in [-0.25, -0.2) is 4.18 Å². The summed E-state index contributed by atoms with van der Waals surface area (Å²) in [7, 11) is -4.98. The maximum Gasteiger partial charge on any atom is 0.397 e. The van der Waals surface area contributed by atoms with Gasteiger partial charge in [-0.15, -0.1) is 0 Å². The number of aliphatic hydroxyl groups excluding tert-OH is 5. The fraction of sp³-hybridized carbons (Fsp3) is 1.00. The van der Waals surface area contributed by atoms with Crippen molar-refractivity contribution in [1.29, 1.82) is 0 Å². The van der Waals surface area contributed by atoms with Crippen molar-refractivity contribution in [2.75, 3.05) is 0 Å². The van der Waals surface area contributed by atoms with Crippen molar-refractivity contribution in [3.05, 3.63) is 0 Å². The summed E-state index contributed by atoms with van der Waals surface area (Å²) in [5, 5.41) is 46.0. The smallest absolute Gasteiger partial charge is 0.387 e. The van der Waals surface area contributed by atoms with Crippen molar-refractivity contribution < 1.29 is 42.7 Å². The van der Waals surface area contributed by atoms with Crippen molar-refractivity contribution >= 4 is 10.4 Å². The zero-order valence-electron chi connectivity index (χ0n) is 7.78.